The number of aromatic nitrogens is 1. The van der Waals surface area contributed by atoms with Gasteiger partial charge in [-0.1, -0.05) is 42.9 Å². The summed E-state index contributed by atoms with van der Waals surface area (Å²) in [5, 5.41) is 3.50. The SMILES string of the molecule is CCOc1ccc2nc(NC(=O)CN3CCC[C@@]4(C3)CN(S(=O)(=O)c3ccc(C)cc3)[C@@H](CC(C)C)CO4)sc2c1. The molecule has 2 aromatic carbocycles. The standard InChI is InChI=1S/C30H40N4O5S2/c1-5-38-24-9-12-26-27(16-24)40-29(31-26)32-28(35)17-33-14-6-13-30(19-33)20-34(23(18-39-30)15-21(2)3)41(36,37)25-10-7-22(4)8-11-25/h7-12,16,21,23H,5-6,13-15,17-20H2,1-4H3,(H,31,32,35)/t23-,30+/m0/s1. The normalized spacial score (nSPS) is 22.4. The van der Waals surface area contributed by atoms with E-state index in [4.69, 9.17) is 9.47 Å². The molecule has 3 heterocycles. The highest BCUT2D eigenvalue weighted by Gasteiger charge is 2.47. The van der Waals surface area contributed by atoms with Gasteiger partial charge < -0.3 is 14.8 Å². The van der Waals surface area contributed by atoms with E-state index in [-0.39, 0.29) is 25.0 Å². The second-order valence-corrected chi connectivity index (χ2v) is 14.5. The minimum absolute atomic E-state index is 0.149. The number of benzene rings is 2. The van der Waals surface area contributed by atoms with Gasteiger partial charge in [-0.05, 0) is 75.9 Å². The van der Waals surface area contributed by atoms with Gasteiger partial charge in [-0.2, -0.15) is 4.31 Å². The van der Waals surface area contributed by atoms with Crippen LogP contribution in [0.5, 0.6) is 5.75 Å². The first kappa shape index (κ1) is 29.9. The lowest BCUT2D eigenvalue weighted by Gasteiger charge is -2.50. The summed E-state index contributed by atoms with van der Waals surface area (Å²) < 4.78 is 42.5. The number of hydrogen-bond acceptors (Lipinski definition) is 8. The van der Waals surface area contributed by atoms with Gasteiger partial charge in [-0.25, -0.2) is 13.4 Å². The van der Waals surface area contributed by atoms with E-state index in [1.807, 2.05) is 44.2 Å². The lowest BCUT2D eigenvalue weighted by atomic mass is 9.89. The van der Waals surface area contributed by atoms with E-state index in [2.05, 4.69) is 29.0 Å². The lowest BCUT2D eigenvalue weighted by molar-refractivity contribution is -0.146. The number of carbonyl (C=O) groups excluding carboxylic acids is 1. The van der Waals surface area contributed by atoms with E-state index in [0.29, 0.717) is 35.7 Å². The second kappa shape index (κ2) is 12.3. The molecule has 2 atom stereocenters. The number of thiazole rings is 1. The van der Waals surface area contributed by atoms with E-state index in [1.165, 1.54) is 11.3 Å². The Morgan fingerprint density at radius 2 is 2.00 bits per heavy atom. The molecule has 0 bridgehead atoms. The number of sulfonamides is 1. The monoisotopic (exact) mass is 600 g/mol. The summed E-state index contributed by atoms with van der Waals surface area (Å²) in [6.45, 7) is 10.7. The predicted octanol–water partition coefficient (Wildman–Crippen LogP) is 4.91. The first-order chi connectivity index (χ1) is 19.6. The van der Waals surface area contributed by atoms with Crippen molar-refractivity contribution in [2.75, 3.05) is 44.7 Å². The van der Waals surface area contributed by atoms with Crippen LogP contribution in [0.4, 0.5) is 5.13 Å². The Labute approximate surface area is 246 Å². The second-order valence-electron chi connectivity index (χ2n) is 11.6. The average molecular weight is 601 g/mol. The van der Waals surface area contributed by atoms with Gasteiger partial charge in [0.05, 0.1) is 40.5 Å². The van der Waals surface area contributed by atoms with E-state index in [0.717, 1.165) is 47.3 Å². The van der Waals surface area contributed by atoms with Crippen molar-refractivity contribution in [3.63, 3.8) is 0 Å². The van der Waals surface area contributed by atoms with Gasteiger partial charge in [0.15, 0.2) is 5.13 Å². The molecule has 3 aromatic rings. The summed E-state index contributed by atoms with van der Waals surface area (Å²) >= 11 is 1.42. The van der Waals surface area contributed by atoms with Crippen molar-refractivity contribution in [3.8, 4) is 5.75 Å². The van der Waals surface area contributed by atoms with E-state index < -0.39 is 15.6 Å². The van der Waals surface area contributed by atoms with Crippen LogP contribution < -0.4 is 10.1 Å². The molecule has 5 rings (SSSR count). The van der Waals surface area contributed by atoms with Crippen molar-refractivity contribution in [2.45, 2.75) is 63.5 Å². The number of fused-ring (bicyclic) bond motifs is 1. The number of piperidine rings is 1. The number of amides is 1. The molecule has 2 aliphatic rings. The summed E-state index contributed by atoms with van der Waals surface area (Å²) in [7, 11) is -3.71. The van der Waals surface area contributed by atoms with Crippen molar-refractivity contribution >= 4 is 42.6 Å². The van der Waals surface area contributed by atoms with Gasteiger partial charge in [-0.15, -0.1) is 0 Å². The molecule has 1 spiro atoms. The molecule has 1 aromatic heterocycles. The molecule has 0 saturated carbocycles. The molecular formula is C30H40N4O5S2. The van der Waals surface area contributed by atoms with Crippen molar-refractivity contribution in [1.29, 1.82) is 0 Å². The minimum atomic E-state index is -3.71. The zero-order chi connectivity index (χ0) is 29.2. The maximum Gasteiger partial charge on any atom is 0.243 e. The van der Waals surface area contributed by atoms with Gasteiger partial charge in [-0.3, -0.25) is 9.69 Å². The highest BCUT2D eigenvalue weighted by Crippen LogP contribution is 2.36. The first-order valence-electron chi connectivity index (χ1n) is 14.3. The van der Waals surface area contributed by atoms with Crippen LogP contribution in [-0.2, 0) is 19.6 Å². The molecule has 11 heteroatoms. The molecule has 2 saturated heterocycles. The van der Waals surface area contributed by atoms with Crippen LogP contribution >= 0.6 is 11.3 Å². The molecule has 1 N–H and O–H groups in total. The number of ether oxygens (including phenoxy) is 2. The fourth-order valence-corrected chi connectivity index (χ4v) is 8.43. The van der Waals surface area contributed by atoms with Crippen LogP contribution in [0.25, 0.3) is 10.2 Å². The number of hydrogen-bond donors (Lipinski definition) is 1. The van der Waals surface area contributed by atoms with Gasteiger partial charge >= 0.3 is 0 Å². The average Bonchev–Trinajstić information content (AvgIpc) is 3.31. The summed E-state index contributed by atoms with van der Waals surface area (Å²) in [5.74, 6) is 0.957. The number of rotatable bonds is 9. The number of carbonyl (C=O) groups is 1. The molecule has 9 nitrogen and oxygen atoms in total. The van der Waals surface area contributed by atoms with Crippen molar-refractivity contribution in [3.05, 3.63) is 48.0 Å². The number of aryl methyl sites for hydroxylation is 1. The molecule has 2 aliphatic heterocycles. The van der Waals surface area contributed by atoms with Crippen molar-refractivity contribution in [2.24, 2.45) is 5.92 Å². The van der Waals surface area contributed by atoms with Gasteiger partial charge in [0.1, 0.15) is 5.75 Å². The Morgan fingerprint density at radius 1 is 1.22 bits per heavy atom. The molecule has 2 fully saturated rings. The van der Waals surface area contributed by atoms with Crippen LogP contribution in [0.3, 0.4) is 0 Å². The van der Waals surface area contributed by atoms with Crippen molar-refractivity contribution in [1.82, 2.24) is 14.2 Å². The Morgan fingerprint density at radius 3 is 2.73 bits per heavy atom. The number of anilines is 1. The molecule has 0 unspecified atom stereocenters. The summed E-state index contributed by atoms with van der Waals surface area (Å²) in [6.07, 6.45) is 2.29. The lowest BCUT2D eigenvalue weighted by Crippen LogP contribution is -2.64. The Balaban J connectivity index is 1.28. The highest BCUT2D eigenvalue weighted by atomic mass is 32.2. The van der Waals surface area contributed by atoms with Gasteiger partial charge in [0.2, 0.25) is 15.9 Å². The number of nitrogens with zero attached hydrogens (tertiary/aromatic N) is 3. The van der Waals surface area contributed by atoms with Crippen LogP contribution in [0.2, 0.25) is 0 Å². The summed E-state index contributed by atoms with van der Waals surface area (Å²) in [6, 6.07) is 12.5. The maximum atomic E-state index is 13.9. The van der Waals surface area contributed by atoms with Crippen molar-refractivity contribution < 1.29 is 22.7 Å². The summed E-state index contributed by atoms with van der Waals surface area (Å²) in [5.41, 5.74) is 1.17. The molecule has 0 aliphatic carbocycles. The smallest absolute Gasteiger partial charge is 0.243 e. The molecule has 0 radical (unpaired) electrons. The zero-order valence-electron chi connectivity index (χ0n) is 24.3. The van der Waals surface area contributed by atoms with Crippen LogP contribution in [0.15, 0.2) is 47.4 Å². The van der Waals surface area contributed by atoms with Crippen LogP contribution in [0, 0.1) is 12.8 Å². The summed E-state index contributed by atoms with van der Waals surface area (Å²) in [4.78, 5) is 20.0. The Kier molecular flexibility index (Phi) is 9.01. The molecule has 222 valence electrons. The van der Waals surface area contributed by atoms with Crippen LogP contribution in [0.1, 0.15) is 45.6 Å². The predicted molar refractivity (Wildman–Crippen MR) is 162 cm³/mol. The third kappa shape index (κ3) is 6.91. The number of morpholine rings is 1. The van der Waals surface area contributed by atoms with Gasteiger partial charge in [0, 0.05) is 19.1 Å². The van der Waals surface area contributed by atoms with E-state index in [1.54, 1.807) is 16.4 Å². The van der Waals surface area contributed by atoms with Crippen LogP contribution in [-0.4, -0.2) is 79.5 Å². The first-order valence-corrected chi connectivity index (χ1v) is 16.6. The molecule has 41 heavy (non-hydrogen) atoms. The fourth-order valence-electron chi connectivity index (χ4n) is 5.82. The maximum absolute atomic E-state index is 13.9. The molecular weight excluding hydrogens is 560 g/mol. The zero-order valence-corrected chi connectivity index (χ0v) is 25.9. The van der Waals surface area contributed by atoms with Gasteiger partial charge in [0.25, 0.3) is 0 Å². The highest BCUT2D eigenvalue weighted by molar-refractivity contribution is 7.89. The fraction of sp³-hybridized carbons (Fsp3) is 0.533. The number of nitrogens with one attached hydrogen (secondary N) is 1. The Bertz CT molecular complexity index is 1470. The van der Waals surface area contributed by atoms with E-state index >= 15 is 0 Å². The Hall–Kier alpha value is -2.57. The minimum Gasteiger partial charge on any atom is -0.494 e. The number of likely N-dealkylation sites (tertiary alicyclic amines) is 1. The van der Waals surface area contributed by atoms with E-state index in [9.17, 15) is 13.2 Å². The molecule has 1 amide bonds. The quantitative estimate of drug-likeness (QED) is 0.372. The third-order valence-electron chi connectivity index (χ3n) is 7.71. The third-order valence-corrected chi connectivity index (χ3v) is 10.6. The topological polar surface area (TPSA) is 101 Å². The largest absolute Gasteiger partial charge is 0.494 e.